The minimum Gasteiger partial charge on any atom is -0.347 e. The Kier molecular flexibility index (Phi) is 4.92. The number of aromatic nitrogens is 4. The average Bonchev–Trinajstić information content (AvgIpc) is 3.12. The first kappa shape index (κ1) is 19.3. The molecule has 7 heteroatoms. The standard InChI is InChI=1S/C22H22N4O2S/c1-4-26-14-19(18-11-17(6-7-21(18)26)29(27,28)5-2)22-24-12-16(13-25-22)20-10-15(3)8-9-23-20/h6-14H,4-5H2,1-3H3. The SMILES string of the molecule is CCn1cc(-c2ncc(-c3cc(C)ccn3)cn2)c2cc(S(=O)(=O)CC)ccc21. The molecule has 3 aromatic heterocycles. The summed E-state index contributed by atoms with van der Waals surface area (Å²) in [5, 5.41) is 0.836. The number of benzene rings is 1. The summed E-state index contributed by atoms with van der Waals surface area (Å²) in [6.07, 6.45) is 7.26. The predicted molar refractivity (Wildman–Crippen MR) is 114 cm³/mol. The molecule has 0 spiro atoms. The summed E-state index contributed by atoms with van der Waals surface area (Å²) < 4.78 is 26.8. The molecule has 0 aliphatic heterocycles. The number of rotatable bonds is 5. The predicted octanol–water partition coefficient (Wildman–Crippen LogP) is 4.28. The minimum absolute atomic E-state index is 0.0665. The third kappa shape index (κ3) is 3.53. The van der Waals surface area contributed by atoms with E-state index < -0.39 is 9.84 Å². The van der Waals surface area contributed by atoms with Gasteiger partial charge < -0.3 is 4.57 Å². The van der Waals surface area contributed by atoms with E-state index in [2.05, 4.69) is 19.5 Å². The fourth-order valence-corrected chi connectivity index (χ4v) is 4.28. The molecule has 0 aliphatic rings. The first-order valence-electron chi connectivity index (χ1n) is 9.54. The Morgan fingerprint density at radius 1 is 1.00 bits per heavy atom. The molecule has 0 bridgehead atoms. The van der Waals surface area contributed by atoms with Crippen molar-refractivity contribution < 1.29 is 8.42 Å². The van der Waals surface area contributed by atoms with Crippen LogP contribution in [0.5, 0.6) is 0 Å². The van der Waals surface area contributed by atoms with E-state index in [1.165, 1.54) is 0 Å². The summed E-state index contributed by atoms with van der Waals surface area (Å²) in [6, 6.07) is 9.19. The van der Waals surface area contributed by atoms with Gasteiger partial charge in [-0.25, -0.2) is 18.4 Å². The number of pyridine rings is 1. The largest absolute Gasteiger partial charge is 0.347 e. The number of hydrogen-bond donors (Lipinski definition) is 0. The van der Waals surface area contributed by atoms with Crippen LogP contribution in [0.2, 0.25) is 0 Å². The molecular formula is C22H22N4O2S. The first-order chi connectivity index (χ1) is 13.9. The normalized spacial score (nSPS) is 11.8. The second-order valence-electron chi connectivity index (χ2n) is 6.92. The number of aryl methyl sites for hydroxylation is 2. The summed E-state index contributed by atoms with van der Waals surface area (Å²) in [5.41, 5.74) is 4.56. The number of hydrogen-bond acceptors (Lipinski definition) is 5. The van der Waals surface area contributed by atoms with Crippen LogP contribution in [0.1, 0.15) is 19.4 Å². The summed E-state index contributed by atoms with van der Waals surface area (Å²) in [6.45, 7) is 6.48. The van der Waals surface area contributed by atoms with Gasteiger partial charge in [0.2, 0.25) is 0 Å². The second kappa shape index (κ2) is 7.40. The molecule has 0 unspecified atom stereocenters. The Balaban J connectivity index is 1.83. The highest BCUT2D eigenvalue weighted by molar-refractivity contribution is 7.91. The Bertz CT molecular complexity index is 1290. The van der Waals surface area contributed by atoms with Crippen LogP contribution in [0.4, 0.5) is 0 Å². The van der Waals surface area contributed by atoms with Gasteiger partial charge in [0.25, 0.3) is 0 Å². The molecule has 0 saturated heterocycles. The quantitative estimate of drug-likeness (QED) is 0.494. The maximum absolute atomic E-state index is 12.4. The third-order valence-corrected chi connectivity index (χ3v) is 6.77. The van der Waals surface area contributed by atoms with Crippen LogP contribution in [-0.2, 0) is 16.4 Å². The van der Waals surface area contributed by atoms with E-state index in [1.54, 1.807) is 37.6 Å². The number of nitrogens with zero attached hydrogens (tertiary/aromatic N) is 4. The molecule has 6 nitrogen and oxygen atoms in total. The highest BCUT2D eigenvalue weighted by Crippen LogP contribution is 2.31. The summed E-state index contributed by atoms with van der Waals surface area (Å²) >= 11 is 0. The third-order valence-electron chi connectivity index (χ3n) is 5.04. The van der Waals surface area contributed by atoms with Crippen molar-refractivity contribution in [1.82, 2.24) is 19.5 Å². The average molecular weight is 407 g/mol. The van der Waals surface area contributed by atoms with Crippen molar-refractivity contribution in [2.45, 2.75) is 32.2 Å². The maximum Gasteiger partial charge on any atom is 0.178 e. The van der Waals surface area contributed by atoms with E-state index in [0.29, 0.717) is 10.7 Å². The molecule has 1 aromatic carbocycles. The van der Waals surface area contributed by atoms with Gasteiger partial charge in [-0.05, 0) is 49.7 Å². The summed E-state index contributed by atoms with van der Waals surface area (Å²) in [7, 11) is -3.29. The zero-order chi connectivity index (χ0) is 20.6. The molecule has 148 valence electrons. The fourth-order valence-electron chi connectivity index (χ4n) is 3.37. The van der Waals surface area contributed by atoms with Crippen LogP contribution >= 0.6 is 0 Å². The lowest BCUT2D eigenvalue weighted by molar-refractivity contribution is 0.597. The Hall–Kier alpha value is -3.06. The molecule has 0 radical (unpaired) electrons. The van der Waals surface area contributed by atoms with Gasteiger partial charge in [0, 0.05) is 53.4 Å². The van der Waals surface area contributed by atoms with Crippen molar-refractivity contribution in [1.29, 1.82) is 0 Å². The van der Waals surface area contributed by atoms with Crippen LogP contribution in [0.3, 0.4) is 0 Å². The van der Waals surface area contributed by atoms with Crippen molar-refractivity contribution >= 4 is 20.7 Å². The Labute approximate surface area is 170 Å². The van der Waals surface area contributed by atoms with Gasteiger partial charge in [0.15, 0.2) is 15.7 Å². The van der Waals surface area contributed by atoms with Gasteiger partial charge in [-0.2, -0.15) is 0 Å². The molecule has 0 amide bonds. The molecule has 4 rings (SSSR count). The summed E-state index contributed by atoms with van der Waals surface area (Å²) in [4.78, 5) is 13.8. The molecule has 4 aromatic rings. The molecule has 0 atom stereocenters. The van der Waals surface area contributed by atoms with E-state index in [0.717, 1.165) is 39.8 Å². The second-order valence-corrected chi connectivity index (χ2v) is 9.20. The molecule has 0 N–H and O–H groups in total. The van der Waals surface area contributed by atoms with Gasteiger partial charge in [-0.15, -0.1) is 0 Å². The lowest BCUT2D eigenvalue weighted by Crippen LogP contribution is -2.03. The smallest absolute Gasteiger partial charge is 0.178 e. The lowest BCUT2D eigenvalue weighted by atomic mass is 10.1. The Morgan fingerprint density at radius 3 is 2.41 bits per heavy atom. The van der Waals surface area contributed by atoms with E-state index in [4.69, 9.17) is 0 Å². The molecule has 0 fully saturated rings. The zero-order valence-corrected chi connectivity index (χ0v) is 17.4. The van der Waals surface area contributed by atoms with Crippen LogP contribution < -0.4 is 0 Å². The number of fused-ring (bicyclic) bond motifs is 1. The molecule has 3 heterocycles. The molecule has 0 aliphatic carbocycles. The van der Waals surface area contributed by atoms with Crippen molar-refractivity contribution in [3.63, 3.8) is 0 Å². The molecule has 0 saturated carbocycles. The van der Waals surface area contributed by atoms with Gasteiger partial charge in [0.05, 0.1) is 16.3 Å². The fraction of sp³-hybridized carbons (Fsp3) is 0.227. The van der Waals surface area contributed by atoms with E-state index >= 15 is 0 Å². The van der Waals surface area contributed by atoms with E-state index in [-0.39, 0.29) is 5.75 Å². The van der Waals surface area contributed by atoms with E-state index in [1.807, 2.05) is 38.2 Å². The minimum atomic E-state index is -3.29. The molecule has 29 heavy (non-hydrogen) atoms. The maximum atomic E-state index is 12.4. The topological polar surface area (TPSA) is 77.7 Å². The lowest BCUT2D eigenvalue weighted by Gasteiger charge is -2.05. The first-order valence-corrected chi connectivity index (χ1v) is 11.2. The van der Waals surface area contributed by atoms with Gasteiger partial charge in [-0.3, -0.25) is 4.98 Å². The zero-order valence-electron chi connectivity index (χ0n) is 16.6. The molecular weight excluding hydrogens is 384 g/mol. The highest BCUT2D eigenvalue weighted by Gasteiger charge is 2.17. The van der Waals surface area contributed by atoms with Gasteiger partial charge >= 0.3 is 0 Å². The highest BCUT2D eigenvalue weighted by atomic mass is 32.2. The van der Waals surface area contributed by atoms with E-state index in [9.17, 15) is 8.42 Å². The number of sulfone groups is 1. The van der Waals surface area contributed by atoms with Crippen LogP contribution in [-0.4, -0.2) is 33.7 Å². The van der Waals surface area contributed by atoms with Crippen LogP contribution in [0.25, 0.3) is 33.5 Å². The monoisotopic (exact) mass is 406 g/mol. The van der Waals surface area contributed by atoms with Crippen LogP contribution in [0.15, 0.2) is 60.0 Å². The van der Waals surface area contributed by atoms with Crippen LogP contribution in [0, 0.1) is 6.92 Å². The Morgan fingerprint density at radius 2 is 1.76 bits per heavy atom. The van der Waals surface area contributed by atoms with Gasteiger partial charge in [-0.1, -0.05) is 6.92 Å². The van der Waals surface area contributed by atoms with Crippen molar-refractivity contribution in [3.8, 4) is 22.6 Å². The van der Waals surface area contributed by atoms with Crippen molar-refractivity contribution in [2.75, 3.05) is 5.75 Å². The summed E-state index contributed by atoms with van der Waals surface area (Å²) in [5.74, 6) is 0.626. The van der Waals surface area contributed by atoms with Crippen molar-refractivity contribution in [2.24, 2.45) is 0 Å². The van der Waals surface area contributed by atoms with Crippen molar-refractivity contribution in [3.05, 3.63) is 60.7 Å². The van der Waals surface area contributed by atoms with Gasteiger partial charge in [0.1, 0.15) is 0 Å².